The van der Waals surface area contributed by atoms with E-state index in [2.05, 4.69) is 72.8 Å². The largest absolute Gasteiger partial charge is 0.340 e. The van der Waals surface area contributed by atoms with Gasteiger partial charge in [-0.1, -0.05) is 115 Å². The van der Waals surface area contributed by atoms with E-state index in [1.54, 1.807) is 0 Å². The number of hydrogen-bond donors (Lipinski definition) is 0. The molecule has 0 bridgehead atoms. The number of benzene rings is 4. The second-order valence-corrected chi connectivity index (χ2v) is 9.80. The van der Waals surface area contributed by atoms with Gasteiger partial charge in [0.2, 0.25) is 0 Å². The minimum absolute atomic E-state index is 0.0383. The Morgan fingerprint density at radius 2 is 1.28 bits per heavy atom. The molecule has 0 N–H and O–H groups in total. The van der Waals surface area contributed by atoms with Crippen LogP contribution in [0.4, 0.5) is 0 Å². The van der Waals surface area contributed by atoms with Crippen LogP contribution in [0.25, 0.3) is 6.08 Å². The van der Waals surface area contributed by atoms with Gasteiger partial charge in [0.25, 0.3) is 5.91 Å². The number of carbonyl (C=O) groups is 1. The second-order valence-electron chi connectivity index (χ2n) is 9.80. The fourth-order valence-corrected chi connectivity index (χ4v) is 5.73. The Morgan fingerprint density at radius 1 is 0.722 bits per heavy atom. The van der Waals surface area contributed by atoms with Gasteiger partial charge < -0.3 is 9.64 Å². The highest BCUT2D eigenvalue weighted by molar-refractivity contribution is 6.00. The highest BCUT2D eigenvalue weighted by atomic mass is 16.5. The normalized spacial score (nSPS) is 20.3. The Labute approximate surface area is 212 Å². The Balaban J connectivity index is 1.48. The number of nitrogens with zero attached hydrogens (tertiary/aromatic N) is 1. The van der Waals surface area contributed by atoms with Gasteiger partial charge >= 0.3 is 0 Å². The van der Waals surface area contributed by atoms with Gasteiger partial charge in [-0.2, -0.15) is 0 Å². The van der Waals surface area contributed by atoms with E-state index < -0.39 is 11.3 Å². The lowest BCUT2D eigenvalue weighted by molar-refractivity contribution is -0.226. The number of amides is 1. The summed E-state index contributed by atoms with van der Waals surface area (Å²) in [6.45, 7) is 0.631. The van der Waals surface area contributed by atoms with Crippen LogP contribution in [-0.4, -0.2) is 23.0 Å². The maximum absolute atomic E-state index is 13.6. The number of rotatable bonds is 6. The van der Waals surface area contributed by atoms with Crippen LogP contribution in [0.2, 0.25) is 0 Å². The molecule has 2 aliphatic heterocycles. The van der Waals surface area contributed by atoms with Crippen LogP contribution in [0.3, 0.4) is 0 Å². The summed E-state index contributed by atoms with van der Waals surface area (Å²) in [5.41, 5.74) is 3.78. The SMILES string of the molecule is O=C1c2ccccc2[C@@]2(/C=C/c3ccccc3)OC(Cc3ccccc3)(Cc3ccccc3)CCN12. The van der Waals surface area contributed by atoms with E-state index in [9.17, 15) is 4.79 Å². The molecule has 0 spiro atoms. The third-order valence-electron chi connectivity index (χ3n) is 7.39. The molecular formula is C33H29NO2. The maximum Gasteiger partial charge on any atom is 0.257 e. The first-order chi connectivity index (χ1) is 17.7. The Hall–Kier alpha value is -3.95. The first-order valence-electron chi connectivity index (χ1n) is 12.6. The standard InChI is InChI=1S/C33H29NO2/c35-31-29-18-10-11-19-30(29)33(21-20-26-12-4-1-5-13-26)34(31)23-22-32(36-33,24-27-14-6-2-7-15-27)25-28-16-8-3-9-17-28/h1-21H,22-25H2/b21-20+/t33-/m1/s1. The van der Waals surface area contributed by atoms with Crippen molar-refractivity contribution in [1.82, 2.24) is 4.90 Å². The van der Waals surface area contributed by atoms with Crippen LogP contribution in [0, 0.1) is 0 Å². The molecular weight excluding hydrogens is 442 g/mol. The zero-order chi connectivity index (χ0) is 24.4. The third-order valence-corrected chi connectivity index (χ3v) is 7.39. The summed E-state index contributed by atoms with van der Waals surface area (Å²) >= 11 is 0. The number of fused-ring (bicyclic) bond motifs is 3. The van der Waals surface area contributed by atoms with Gasteiger partial charge in [-0.15, -0.1) is 0 Å². The molecule has 1 amide bonds. The summed E-state index contributed by atoms with van der Waals surface area (Å²) in [5.74, 6) is 0.0383. The highest BCUT2D eigenvalue weighted by Gasteiger charge is 2.56. The van der Waals surface area contributed by atoms with Crippen molar-refractivity contribution in [3.8, 4) is 0 Å². The third kappa shape index (κ3) is 4.06. The van der Waals surface area contributed by atoms with Gasteiger partial charge in [0.15, 0.2) is 5.72 Å². The van der Waals surface area contributed by atoms with Gasteiger partial charge in [0.05, 0.1) is 5.60 Å². The monoisotopic (exact) mass is 471 g/mol. The molecule has 2 heterocycles. The average molecular weight is 472 g/mol. The molecule has 0 aliphatic carbocycles. The lowest BCUT2D eigenvalue weighted by atomic mass is 9.82. The predicted molar refractivity (Wildman–Crippen MR) is 143 cm³/mol. The van der Waals surface area contributed by atoms with E-state index in [-0.39, 0.29) is 5.91 Å². The molecule has 178 valence electrons. The fourth-order valence-electron chi connectivity index (χ4n) is 5.73. The minimum atomic E-state index is -0.953. The van der Waals surface area contributed by atoms with E-state index >= 15 is 0 Å². The average Bonchev–Trinajstić information content (AvgIpc) is 3.17. The number of hydrogen-bond acceptors (Lipinski definition) is 2. The lowest BCUT2D eigenvalue weighted by Crippen LogP contribution is -2.58. The van der Waals surface area contributed by atoms with E-state index in [4.69, 9.17) is 4.74 Å². The Bertz CT molecular complexity index is 1340. The first kappa shape index (κ1) is 22.5. The molecule has 36 heavy (non-hydrogen) atoms. The second kappa shape index (κ2) is 9.25. The summed E-state index contributed by atoms with van der Waals surface area (Å²) in [4.78, 5) is 15.5. The molecule has 6 rings (SSSR count). The van der Waals surface area contributed by atoms with Crippen molar-refractivity contribution < 1.29 is 9.53 Å². The minimum Gasteiger partial charge on any atom is -0.340 e. The number of ether oxygens (including phenoxy) is 1. The molecule has 1 saturated heterocycles. The van der Waals surface area contributed by atoms with Crippen molar-refractivity contribution in [3.63, 3.8) is 0 Å². The molecule has 4 aromatic carbocycles. The van der Waals surface area contributed by atoms with Crippen molar-refractivity contribution in [2.75, 3.05) is 6.54 Å². The van der Waals surface area contributed by atoms with Crippen LogP contribution >= 0.6 is 0 Å². The molecule has 1 fully saturated rings. The van der Waals surface area contributed by atoms with Crippen molar-refractivity contribution in [2.45, 2.75) is 30.6 Å². The molecule has 0 unspecified atom stereocenters. The van der Waals surface area contributed by atoms with Gasteiger partial charge in [-0.3, -0.25) is 4.79 Å². The maximum atomic E-state index is 13.6. The molecule has 3 nitrogen and oxygen atoms in total. The molecule has 3 heteroatoms. The van der Waals surface area contributed by atoms with Gasteiger partial charge in [0, 0.05) is 30.5 Å². The van der Waals surface area contributed by atoms with Crippen LogP contribution < -0.4 is 0 Å². The fraction of sp³-hybridized carbons (Fsp3) is 0.182. The quantitative estimate of drug-likeness (QED) is 0.315. The summed E-state index contributed by atoms with van der Waals surface area (Å²) < 4.78 is 7.33. The van der Waals surface area contributed by atoms with E-state index in [1.165, 1.54) is 11.1 Å². The van der Waals surface area contributed by atoms with Crippen molar-refractivity contribution in [1.29, 1.82) is 0 Å². The summed E-state index contributed by atoms with van der Waals surface area (Å²) in [7, 11) is 0. The van der Waals surface area contributed by atoms with Crippen LogP contribution in [-0.2, 0) is 23.3 Å². The Kier molecular flexibility index (Phi) is 5.79. The Morgan fingerprint density at radius 3 is 1.92 bits per heavy atom. The van der Waals surface area contributed by atoms with Crippen LogP contribution in [0.5, 0.6) is 0 Å². The van der Waals surface area contributed by atoms with Crippen molar-refractivity contribution >= 4 is 12.0 Å². The smallest absolute Gasteiger partial charge is 0.257 e. The molecule has 2 aliphatic rings. The van der Waals surface area contributed by atoms with Gasteiger partial charge in [0.1, 0.15) is 0 Å². The number of carbonyl (C=O) groups excluding carboxylic acids is 1. The van der Waals surface area contributed by atoms with Crippen molar-refractivity contribution in [2.24, 2.45) is 0 Å². The molecule has 0 aromatic heterocycles. The molecule has 1 atom stereocenters. The van der Waals surface area contributed by atoms with Crippen molar-refractivity contribution in [3.05, 3.63) is 149 Å². The van der Waals surface area contributed by atoms with Gasteiger partial charge in [-0.25, -0.2) is 0 Å². The summed E-state index contributed by atoms with van der Waals surface area (Å²) in [6, 6.07) is 39.2. The van der Waals surface area contributed by atoms with Crippen LogP contribution in [0.1, 0.15) is 39.0 Å². The zero-order valence-corrected chi connectivity index (χ0v) is 20.2. The molecule has 0 saturated carbocycles. The predicted octanol–water partition coefficient (Wildman–Crippen LogP) is 6.65. The van der Waals surface area contributed by atoms with Gasteiger partial charge in [-0.05, 0) is 35.3 Å². The van der Waals surface area contributed by atoms with E-state index in [0.717, 1.165) is 36.0 Å². The lowest BCUT2D eigenvalue weighted by Gasteiger charge is -2.51. The summed E-state index contributed by atoms with van der Waals surface area (Å²) in [6.07, 6.45) is 6.48. The molecule has 0 radical (unpaired) electrons. The van der Waals surface area contributed by atoms with Crippen LogP contribution in [0.15, 0.2) is 121 Å². The van der Waals surface area contributed by atoms with E-state index in [0.29, 0.717) is 6.54 Å². The van der Waals surface area contributed by atoms with E-state index in [1.807, 2.05) is 59.5 Å². The first-order valence-corrected chi connectivity index (χ1v) is 12.6. The summed E-state index contributed by atoms with van der Waals surface area (Å²) in [5, 5.41) is 0. The highest BCUT2D eigenvalue weighted by Crippen LogP contribution is 2.49. The molecule has 4 aromatic rings. The zero-order valence-electron chi connectivity index (χ0n) is 20.2. The topological polar surface area (TPSA) is 29.5 Å².